The summed E-state index contributed by atoms with van der Waals surface area (Å²) in [4.78, 5) is 0. The number of hydrogen-bond acceptors (Lipinski definition) is 3. The van der Waals surface area contributed by atoms with Crippen molar-refractivity contribution in [3.63, 3.8) is 0 Å². The Morgan fingerprint density at radius 2 is 1.81 bits per heavy atom. The fraction of sp³-hybridized carbons (Fsp3) is 0. The molecule has 3 nitrogen and oxygen atoms in total. The van der Waals surface area contributed by atoms with E-state index < -0.39 is 5.82 Å². The molecule has 0 aliphatic carbocycles. The molecule has 1 heterocycles. The minimum Gasteiger partial charge on any atom is -0.367 e. The van der Waals surface area contributed by atoms with Gasteiger partial charge in [0.05, 0.1) is 5.56 Å². The van der Waals surface area contributed by atoms with Crippen molar-refractivity contribution in [3.8, 4) is 22.4 Å². The Labute approximate surface area is 137 Å². The number of anilines is 1. The minimum atomic E-state index is -0.397. The first-order chi connectivity index (χ1) is 10.1. The fourth-order valence-electron chi connectivity index (χ4n) is 2.09. The number of nitrogens with zero attached hydrogens (tertiary/aromatic N) is 1. The van der Waals surface area contributed by atoms with Gasteiger partial charge in [0, 0.05) is 20.1 Å². The standard InChI is InChI=1S/C15H9Br2FN2O/c16-8-5-6-10(12(18)7-8)14-13(15(19)21-20-14)9-3-1-2-4-11(9)17/h1-7H,19H2. The van der Waals surface area contributed by atoms with E-state index in [9.17, 15) is 4.39 Å². The van der Waals surface area contributed by atoms with Crippen molar-refractivity contribution < 1.29 is 8.91 Å². The Morgan fingerprint density at radius 3 is 2.52 bits per heavy atom. The van der Waals surface area contributed by atoms with E-state index in [1.807, 2.05) is 24.3 Å². The van der Waals surface area contributed by atoms with Gasteiger partial charge in [0.25, 0.3) is 0 Å². The van der Waals surface area contributed by atoms with Crippen LogP contribution in [0.1, 0.15) is 0 Å². The number of hydrogen-bond donors (Lipinski definition) is 1. The number of benzene rings is 2. The molecule has 0 fully saturated rings. The van der Waals surface area contributed by atoms with Crippen LogP contribution in [0.5, 0.6) is 0 Å². The lowest BCUT2D eigenvalue weighted by Crippen LogP contribution is -1.91. The highest BCUT2D eigenvalue weighted by molar-refractivity contribution is 9.10. The third-order valence-electron chi connectivity index (χ3n) is 3.05. The molecular formula is C15H9Br2FN2O. The lowest BCUT2D eigenvalue weighted by atomic mass is 10.0. The van der Waals surface area contributed by atoms with Crippen LogP contribution in [0.15, 0.2) is 55.9 Å². The maximum atomic E-state index is 14.2. The van der Waals surface area contributed by atoms with Crippen LogP contribution in [0, 0.1) is 5.82 Å². The van der Waals surface area contributed by atoms with Gasteiger partial charge in [0.2, 0.25) is 5.88 Å². The second kappa shape index (κ2) is 5.61. The summed E-state index contributed by atoms with van der Waals surface area (Å²) in [6.07, 6.45) is 0. The monoisotopic (exact) mass is 410 g/mol. The van der Waals surface area contributed by atoms with Crippen LogP contribution in [0.25, 0.3) is 22.4 Å². The second-order valence-electron chi connectivity index (χ2n) is 4.37. The summed E-state index contributed by atoms with van der Waals surface area (Å²) in [7, 11) is 0. The van der Waals surface area contributed by atoms with E-state index in [2.05, 4.69) is 37.0 Å². The molecule has 0 unspecified atom stereocenters. The summed E-state index contributed by atoms with van der Waals surface area (Å²) in [5.74, 6) is -0.245. The SMILES string of the molecule is Nc1onc(-c2ccc(Br)cc2F)c1-c1ccccc1Br. The molecule has 6 heteroatoms. The predicted molar refractivity (Wildman–Crippen MR) is 87.1 cm³/mol. The maximum Gasteiger partial charge on any atom is 0.230 e. The molecule has 0 spiro atoms. The van der Waals surface area contributed by atoms with E-state index in [4.69, 9.17) is 10.3 Å². The van der Waals surface area contributed by atoms with E-state index in [1.165, 1.54) is 6.07 Å². The topological polar surface area (TPSA) is 52.0 Å². The highest BCUT2D eigenvalue weighted by Crippen LogP contribution is 2.40. The molecule has 1 aromatic heterocycles. The lowest BCUT2D eigenvalue weighted by Gasteiger charge is -2.06. The van der Waals surface area contributed by atoms with Crippen molar-refractivity contribution >= 4 is 37.7 Å². The largest absolute Gasteiger partial charge is 0.367 e. The zero-order valence-corrected chi connectivity index (χ0v) is 13.8. The van der Waals surface area contributed by atoms with Crippen LogP contribution in [0.3, 0.4) is 0 Å². The molecule has 3 rings (SSSR count). The van der Waals surface area contributed by atoms with Crippen molar-refractivity contribution in [1.29, 1.82) is 0 Å². The number of rotatable bonds is 2. The number of aromatic nitrogens is 1. The Balaban J connectivity index is 2.25. The number of halogens is 3. The van der Waals surface area contributed by atoms with E-state index in [1.54, 1.807) is 12.1 Å². The third kappa shape index (κ3) is 2.61. The van der Waals surface area contributed by atoms with Crippen LogP contribution >= 0.6 is 31.9 Å². The van der Waals surface area contributed by atoms with Crippen molar-refractivity contribution in [2.75, 3.05) is 5.73 Å². The smallest absolute Gasteiger partial charge is 0.230 e. The lowest BCUT2D eigenvalue weighted by molar-refractivity contribution is 0.439. The van der Waals surface area contributed by atoms with Crippen LogP contribution < -0.4 is 5.73 Å². The molecular weight excluding hydrogens is 403 g/mol. The third-order valence-corrected chi connectivity index (χ3v) is 4.23. The zero-order valence-electron chi connectivity index (χ0n) is 10.6. The Kier molecular flexibility index (Phi) is 3.82. The highest BCUT2D eigenvalue weighted by atomic mass is 79.9. The second-order valence-corrected chi connectivity index (χ2v) is 6.14. The minimum absolute atomic E-state index is 0.152. The van der Waals surface area contributed by atoms with Gasteiger partial charge in [-0.3, -0.25) is 0 Å². The normalized spacial score (nSPS) is 10.8. The van der Waals surface area contributed by atoms with Gasteiger partial charge >= 0.3 is 0 Å². The average Bonchev–Trinajstić information content (AvgIpc) is 2.81. The van der Waals surface area contributed by atoms with Gasteiger partial charge in [0.15, 0.2) is 0 Å². The zero-order chi connectivity index (χ0) is 15.0. The van der Waals surface area contributed by atoms with E-state index in [-0.39, 0.29) is 5.88 Å². The first-order valence-electron chi connectivity index (χ1n) is 6.03. The first kappa shape index (κ1) is 14.3. The molecule has 2 N–H and O–H groups in total. The van der Waals surface area contributed by atoms with Gasteiger partial charge < -0.3 is 10.3 Å². The molecule has 0 aliphatic rings. The Bertz CT molecular complexity index is 817. The van der Waals surface area contributed by atoms with E-state index in [0.29, 0.717) is 21.3 Å². The molecule has 0 amide bonds. The summed E-state index contributed by atoms with van der Waals surface area (Å²) in [6.45, 7) is 0. The molecule has 3 aromatic rings. The summed E-state index contributed by atoms with van der Waals surface area (Å²) in [6, 6.07) is 12.3. The van der Waals surface area contributed by atoms with E-state index in [0.717, 1.165) is 10.0 Å². The summed E-state index contributed by atoms with van der Waals surface area (Å²) in [5.41, 5.74) is 7.97. The van der Waals surface area contributed by atoms with Crippen molar-refractivity contribution in [3.05, 3.63) is 57.2 Å². The van der Waals surface area contributed by atoms with Gasteiger partial charge in [-0.15, -0.1) is 0 Å². The maximum absolute atomic E-state index is 14.2. The molecule has 106 valence electrons. The quantitative estimate of drug-likeness (QED) is 0.626. The molecule has 0 radical (unpaired) electrons. The van der Waals surface area contributed by atoms with Gasteiger partial charge in [-0.05, 0) is 24.3 Å². The van der Waals surface area contributed by atoms with Crippen molar-refractivity contribution in [2.45, 2.75) is 0 Å². The highest BCUT2D eigenvalue weighted by Gasteiger charge is 2.21. The molecule has 0 atom stereocenters. The molecule has 0 saturated carbocycles. The van der Waals surface area contributed by atoms with Gasteiger partial charge in [-0.25, -0.2) is 4.39 Å². The van der Waals surface area contributed by atoms with Gasteiger partial charge in [0.1, 0.15) is 11.5 Å². The van der Waals surface area contributed by atoms with Crippen LogP contribution in [0.4, 0.5) is 10.3 Å². The summed E-state index contributed by atoms with van der Waals surface area (Å²) >= 11 is 6.70. The van der Waals surface area contributed by atoms with Crippen molar-refractivity contribution in [1.82, 2.24) is 5.16 Å². The molecule has 0 bridgehead atoms. The fourth-order valence-corrected chi connectivity index (χ4v) is 2.91. The van der Waals surface area contributed by atoms with E-state index >= 15 is 0 Å². The number of nitrogen functional groups attached to an aromatic ring is 1. The Morgan fingerprint density at radius 1 is 1.05 bits per heavy atom. The number of nitrogens with two attached hydrogens (primary N) is 1. The molecule has 21 heavy (non-hydrogen) atoms. The average molecular weight is 412 g/mol. The van der Waals surface area contributed by atoms with Crippen molar-refractivity contribution in [2.24, 2.45) is 0 Å². The van der Waals surface area contributed by atoms with Gasteiger partial charge in [-0.2, -0.15) is 0 Å². The van der Waals surface area contributed by atoms with Crippen LogP contribution in [0.2, 0.25) is 0 Å². The van der Waals surface area contributed by atoms with Crippen LogP contribution in [-0.4, -0.2) is 5.16 Å². The Hall–Kier alpha value is -1.66. The van der Waals surface area contributed by atoms with Crippen LogP contribution in [-0.2, 0) is 0 Å². The predicted octanol–water partition coefficient (Wildman–Crippen LogP) is 5.25. The molecule has 0 saturated heterocycles. The summed E-state index contributed by atoms with van der Waals surface area (Å²) in [5, 5.41) is 3.92. The first-order valence-corrected chi connectivity index (χ1v) is 7.62. The molecule has 2 aromatic carbocycles. The van der Waals surface area contributed by atoms with Gasteiger partial charge in [-0.1, -0.05) is 55.2 Å². The summed E-state index contributed by atoms with van der Waals surface area (Å²) < 4.78 is 20.7. The molecule has 0 aliphatic heterocycles.